The van der Waals surface area contributed by atoms with Gasteiger partial charge in [0.15, 0.2) is 0 Å². The molecule has 1 heterocycles. The fourth-order valence-corrected chi connectivity index (χ4v) is 5.33. The van der Waals surface area contributed by atoms with E-state index >= 15 is 0 Å². The summed E-state index contributed by atoms with van der Waals surface area (Å²) in [6, 6.07) is 21.0. The molecule has 0 atom stereocenters. The van der Waals surface area contributed by atoms with Crippen LogP contribution in [0.2, 0.25) is 5.02 Å². The average molecular weight is 557 g/mol. The van der Waals surface area contributed by atoms with Crippen LogP contribution in [-0.2, 0) is 4.79 Å². The van der Waals surface area contributed by atoms with Crippen LogP contribution in [0.5, 0.6) is 5.75 Å². The Bertz CT molecular complexity index is 1480. The summed E-state index contributed by atoms with van der Waals surface area (Å²) < 4.78 is 30.9. The SMILES string of the molecule is Cc1c(Cl)cccc1NC(SCC(=O)Nc1ccccc1OC(F)F)=C(C#N)c1nc2ccccc2s1. The van der Waals surface area contributed by atoms with Crippen molar-refractivity contribution in [3.63, 3.8) is 0 Å². The highest BCUT2D eigenvalue weighted by Crippen LogP contribution is 2.35. The number of carbonyl (C=O) groups is 1. The summed E-state index contributed by atoms with van der Waals surface area (Å²) in [6.45, 7) is -1.19. The summed E-state index contributed by atoms with van der Waals surface area (Å²) in [5.41, 5.74) is 2.57. The van der Waals surface area contributed by atoms with E-state index in [0.717, 1.165) is 27.5 Å². The van der Waals surface area contributed by atoms with Crippen molar-refractivity contribution in [3.8, 4) is 11.8 Å². The molecule has 0 radical (unpaired) electrons. The van der Waals surface area contributed by atoms with Crippen molar-refractivity contribution in [1.82, 2.24) is 4.98 Å². The average Bonchev–Trinajstić information content (AvgIpc) is 3.30. The van der Waals surface area contributed by atoms with Crippen molar-refractivity contribution in [3.05, 3.63) is 87.4 Å². The van der Waals surface area contributed by atoms with Gasteiger partial charge in [-0.05, 0) is 48.9 Å². The molecule has 1 amide bonds. The molecule has 0 fully saturated rings. The molecule has 0 bridgehead atoms. The molecule has 0 saturated carbocycles. The number of hydrogen-bond acceptors (Lipinski definition) is 7. The number of thioether (sulfide) groups is 1. The number of rotatable bonds is 9. The Morgan fingerprint density at radius 1 is 1.11 bits per heavy atom. The lowest BCUT2D eigenvalue weighted by Gasteiger charge is -2.15. The van der Waals surface area contributed by atoms with Crippen molar-refractivity contribution in [2.24, 2.45) is 0 Å². The smallest absolute Gasteiger partial charge is 0.387 e. The molecular weight excluding hydrogens is 538 g/mol. The molecule has 0 aliphatic rings. The first-order chi connectivity index (χ1) is 17.9. The van der Waals surface area contributed by atoms with Gasteiger partial charge in [0.2, 0.25) is 5.91 Å². The highest BCUT2D eigenvalue weighted by atomic mass is 35.5. The van der Waals surface area contributed by atoms with Gasteiger partial charge in [0, 0.05) is 10.7 Å². The fourth-order valence-electron chi connectivity index (χ4n) is 3.30. The number of nitriles is 1. The minimum absolute atomic E-state index is 0.115. The highest BCUT2D eigenvalue weighted by Gasteiger charge is 2.19. The number of amides is 1. The zero-order valence-corrected chi connectivity index (χ0v) is 21.7. The van der Waals surface area contributed by atoms with Crippen LogP contribution in [-0.4, -0.2) is 23.3 Å². The zero-order valence-electron chi connectivity index (χ0n) is 19.3. The monoisotopic (exact) mass is 556 g/mol. The van der Waals surface area contributed by atoms with Crippen LogP contribution in [0.3, 0.4) is 0 Å². The molecule has 4 aromatic rings. The standard InChI is InChI=1S/C26H19ClF2N4O2S2/c1-15-17(27)7-6-10-18(15)32-24(16(13-30)25-33-20-9-3-5-12-22(20)37-25)36-14-23(34)31-19-8-2-4-11-21(19)35-26(28)29/h2-12,26,32H,14H2,1H3,(H,31,34). The molecule has 11 heteroatoms. The lowest BCUT2D eigenvalue weighted by Crippen LogP contribution is -2.16. The highest BCUT2D eigenvalue weighted by molar-refractivity contribution is 8.04. The van der Waals surface area contributed by atoms with E-state index in [2.05, 4.69) is 26.4 Å². The molecule has 37 heavy (non-hydrogen) atoms. The molecule has 0 spiro atoms. The molecule has 4 rings (SSSR count). The number of halogens is 3. The predicted molar refractivity (Wildman–Crippen MR) is 146 cm³/mol. The van der Waals surface area contributed by atoms with Gasteiger partial charge in [-0.15, -0.1) is 11.3 Å². The summed E-state index contributed by atoms with van der Waals surface area (Å²) in [5, 5.41) is 17.4. The largest absolute Gasteiger partial charge is 0.433 e. The lowest BCUT2D eigenvalue weighted by molar-refractivity contribution is -0.113. The minimum Gasteiger partial charge on any atom is -0.433 e. The normalized spacial score (nSPS) is 11.7. The van der Waals surface area contributed by atoms with Crippen LogP contribution >= 0.6 is 34.7 Å². The Balaban J connectivity index is 1.63. The Kier molecular flexibility index (Phi) is 8.61. The van der Waals surface area contributed by atoms with E-state index in [9.17, 15) is 18.8 Å². The van der Waals surface area contributed by atoms with Crippen LogP contribution in [0.15, 0.2) is 71.8 Å². The van der Waals surface area contributed by atoms with Crippen LogP contribution in [0, 0.1) is 18.3 Å². The van der Waals surface area contributed by atoms with E-state index < -0.39 is 12.5 Å². The number of ether oxygens (including phenoxy) is 1. The maximum absolute atomic E-state index is 12.8. The van der Waals surface area contributed by atoms with Crippen molar-refractivity contribution in [2.75, 3.05) is 16.4 Å². The molecule has 0 aliphatic heterocycles. The number of anilines is 2. The summed E-state index contributed by atoms with van der Waals surface area (Å²) >= 11 is 8.73. The van der Waals surface area contributed by atoms with Gasteiger partial charge in [-0.1, -0.05) is 53.7 Å². The third-order valence-electron chi connectivity index (χ3n) is 5.09. The number of benzene rings is 3. The quantitative estimate of drug-likeness (QED) is 0.207. The minimum atomic E-state index is -3.03. The summed E-state index contributed by atoms with van der Waals surface area (Å²) in [5.74, 6) is -0.744. The van der Waals surface area contributed by atoms with E-state index in [1.807, 2.05) is 37.3 Å². The molecule has 6 nitrogen and oxygen atoms in total. The van der Waals surface area contributed by atoms with Gasteiger partial charge in [0.05, 0.1) is 26.7 Å². The second-order valence-corrected chi connectivity index (χ2v) is 9.98. The first-order valence-electron chi connectivity index (χ1n) is 10.8. The first kappa shape index (κ1) is 26.4. The number of fused-ring (bicyclic) bond motifs is 1. The molecule has 2 N–H and O–H groups in total. The number of para-hydroxylation sites is 3. The summed E-state index contributed by atoms with van der Waals surface area (Å²) in [6.07, 6.45) is 0. The Morgan fingerprint density at radius 2 is 1.84 bits per heavy atom. The Labute approximate surface area is 224 Å². The van der Waals surface area contributed by atoms with Gasteiger partial charge in [-0.3, -0.25) is 4.79 Å². The molecule has 0 saturated heterocycles. The number of nitrogens with one attached hydrogen (secondary N) is 2. The number of thiazole rings is 1. The Morgan fingerprint density at radius 3 is 2.59 bits per heavy atom. The summed E-state index contributed by atoms with van der Waals surface area (Å²) in [7, 11) is 0. The number of aromatic nitrogens is 1. The van der Waals surface area contributed by atoms with Gasteiger partial charge < -0.3 is 15.4 Å². The van der Waals surface area contributed by atoms with Crippen LogP contribution in [0.4, 0.5) is 20.2 Å². The van der Waals surface area contributed by atoms with Gasteiger partial charge in [0.25, 0.3) is 0 Å². The molecule has 3 aromatic carbocycles. The van der Waals surface area contributed by atoms with Crippen LogP contribution in [0.25, 0.3) is 15.8 Å². The first-order valence-corrected chi connectivity index (χ1v) is 13.0. The number of allylic oxidation sites excluding steroid dienone is 1. The lowest BCUT2D eigenvalue weighted by atomic mass is 10.2. The number of carbonyl (C=O) groups excluding carboxylic acids is 1. The van der Waals surface area contributed by atoms with Gasteiger partial charge >= 0.3 is 6.61 Å². The molecule has 1 aromatic heterocycles. The second-order valence-electron chi connectivity index (χ2n) is 7.55. The van der Waals surface area contributed by atoms with E-state index in [-0.39, 0.29) is 22.8 Å². The number of nitrogens with zero attached hydrogens (tertiary/aromatic N) is 2. The second kappa shape index (κ2) is 12.1. The summed E-state index contributed by atoms with van der Waals surface area (Å²) in [4.78, 5) is 17.4. The fraction of sp³-hybridized carbons (Fsp3) is 0.115. The van der Waals surface area contributed by atoms with Gasteiger partial charge in [-0.2, -0.15) is 14.0 Å². The van der Waals surface area contributed by atoms with Crippen molar-refractivity contribution in [2.45, 2.75) is 13.5 Å². The van der Waals surface area contributed by atoms with Crippen LogP contribution in [0.1, 0.15) is 10.6 Å². The molecular formula is C26H19ClF2N4O2S2. The molecule has 0 aliphatic carbocycles. The Hall–Kier alpha value is -3.65. The maximum Gasteiger partial charge on any atom is 0.387 e. The maximum atomic E-state index is 12.8. The van der Waals surface area contributed by atoms with E-state index in [1.165, 1.54) is 29.5 Å². The third-order valence-corrected chi connectivity index (χ3v) is 7.55. The third kappa shape index (κ3) is 6.57. The van der Waals surface area contributed by atoms with Crippen LogP contribution < -0.4 is 15.4 Å². The predicted octanol–water partition coefficient (Wildman–Crippen LogP) is 7.54. The molecule has 0 unspecified atom stereocenters. The topological polar surface area (TPSA) is 87.0 Å². The van der Waals surface area contributed by atoms with Crippen molar-refractivity contribution >= 4 is 67.8 Å². The van der Waals surface area contributed by atoms with E-state index in [0.29, 0.717) is 20.7 Å². The zero-order chi connectivity index (χ0) is 26.4. The van der Waals surface area contributed by atoms with Gasteiger partial charge in [0.1, 0.15) is 22.4 Å². The van der Waals surface area contributed by atoms with Gasteiger partial charge in [-0.25, -0.2) is 4.98 Å². The number of alkyl halides is 2. The molecule has 188 valence electrons. The van der Waals surface area contributed by atoms with Crippen molar-refractivity contribution < 1.29 is 18.3 Å². The van der Waals surface area contributed by atoms with E-state index in [4.69, 9.17) is 11.6 Å². The van der Waals surface area contributed by atoms with Crippen molar-refractivity contribution in [1.29, 1.82) is 5.26 Å². The van der Waals surface area contributed by atoms with E-state index in [1.54, 1.807) is 18.2 Å². The number of hydrogen-bond donors (Lipinski definition) is 2.